The van der Waals surface area contributed by atoms with Crippen LogP contribution < -0.4 is 5.32 Å². The lowest BCUT2D eigenvalue weighted by Gasteiger charge is -2.32. The third kappa shape index (κ3) is 3.12. The Morgan fingerprint density at radius 2 is 2.19 bits per heavy atom. The number of hydrogen-bond acceptors (Lipinski definition) is 3. The van der Waals surface area contributed by atoms with Crippen molar-refractivity contribution in [2.24, 2.45) is 5.92 Å². The first kappa shape index (κ1) is 18.1. The number of carbonyl (C=O) groups excluding carboxylic acids is 1. The highest BCUT2D eigenvalue weighted by Crippen LogP contribution is 2.42. The number of aromatic nitrogens is 2. The van der Waals surface area contributed by atoms with Crippen LogP contribution in [0.2, 0.25) is 5.02 Å². The second kappa shape index (κ2) is 7.36. The Labute approximate surface area is 164 Å². The maximum absolute atomic E-state index is 13.5. The van der Waals surface area contributed by atoms with Crippen LogP contribution in [0, 0.1) is 17.2 Å². The zero-order chi connectivity index (χ0) is 18.9. The molecular formula is C21H23ClN4O. The van der Waals surface area contributed by atoms with Crippen molar-refractivity contribution in [2.75, 3.05) is 6.54 Å². The highest BCUT2D eigenvalue weighted by molar-refractivity contribution is 6.32. The largest absolute Gasteiger partial charge is 0.353 e. The molecule has 1 aromatic carbocycles. The Hall–Kier alpha value is -2.32. The standard InChI is InChI=1S/C21H23ClN4O/c22-19-10-16(11-23)6-7-18(19)21(9-8-17-13-24-14-26(17)21)20(27)25-12-15-4-2-1-3-5-15/h6-7,10,13-15H,1-5,8-9,12H2,(H,25,27). The van der Waals surface area contributed by atoms with Crippen molar-refractivity contribution < 1.29 is 4.79 Å². The molecule has 4 rings (SSSR count). The SMILES string of the molecule is N#Cc1ccc(C2(C(=O)NCC3CCCCC3)CCc3cncn32)c(Cl)c1. The first-order valence-corrected chi connectivity index (χ1v) is 10.0. The summed E-state index contributed by atoms with van der Waals surface area (Å²) in [5, 5.41) is 12.8. The molecule has 0 saturated heterocycles. The zero-order valence-electron chi connectivity index (χ0n) is 15.2. The summed E-state index contributed by atoms with van der Waals surface area (Å²) in [5.41, 5.74) is 1.36. The lowest BCUT2D eigenvalue weighted by Crippen LogP contribution is -2.49. The van der Waals surface area contributed by atoms with E-state index in [1.807, 2.05) is 16.8 Å². The van der Waals surface area contributed by atoms with Gasteiger partial charge >= 0.3 is 0 Å². The van der Waals surface area contributed by atoms with Crippen LogP contribution in [0.1, 0.15) is 55.3 Å². The number of amides is 1. The highest BCUT2D eigenvalue weighted by Gasteiger charge is 2.47. The molecule has 2 heterocycles. The predicted octanol–water partition coefficient (Wildman–Crippen LogP) is 3.79. The van der Waals surface area contributed by atoms with Gasteiger partial charge in [0.25, 0.3) is 5.91 Å². The molecule has 0 spiro atoms. The summed E-state index contributed by atoms with van der Waals surface area (Å²) in [4.78, 5) is 17.7. The Bertz CT molecular complexity index is 894. The second-order valence-corrected chi connectivity index (χ2v) is 8.04. The van der Waals surface area contributed by atoms with Crippen LogP contribution in [0.25, 0.3) is 0 Å². The van der Waals surface area contributed by atoms with Crippen LogP contribution in [0.15, 0.2) is 30.7 Å². The average Bonchev–Trinajstić information content (AvgIpc) is 3.30. The van der Waals surface area contributed by atoms with E-state index in [4.69, 9.17) is 16.9 Å². The molecule has 2 aliphatic rings. The molecule has 6 heteroatoms. The van der Waals surface area contributed by atoms with Crippen molar-refractivity contribution >= 4 is 17.5 Å². The molecule has 1 fully saturated rings. The molecule has 1 saturated carbocycles. The van der Waals surface area contributed by atoms with E-state index >= 15 is 0 Å². The number of aryl methyl sites for hydroxylation is 1. The van der Waals surface area contributed by atoms with E-state index in [9.17, 15) is 4.79 Å². The van der Waals surface area contributed by atoms with Gasteiger partial charge in [0.2, 0.25) is 0 Å². The predicted molar refractivity (Wildman–Crippen MR) is 103 cm³/mol. The summed E-state index contributed by atoms with van der Waals surface area (Å²) in [6, 6.07) is 7.29. The first-order valence-electron chi connectivity index (χ1n) is 9.65. The summed E-state index contributed by atoms with van der Waals surface area (Å²) in [7, 11) is 0. The Balaban J connectivity index is 1.68. The van der Waals surface area contributed by atoms with Crippen LogP contribution in [0.3, 0.4) is 0 Å². The summed E-state index contributed by atoms with van der Waals surface area (Å²) in [6.07, 6.45) is 11.1. The molecule has 1 atom stereocenters. The van der Waals surface area contributed by atoms with Crippen molar-refractivity contribution in [3.05, 3.63) is 52.6 Å². The van der Waals surface area contributed by atoms with Crippen LogP contribution in [-0.4, -0.2) is 22.0 Å². The van der Waals surface area contributed by atoms with Crippen molar-refractivity contribution in [1.82, 2.24) is 14.9 Å². The normalized spacial score (nSPS) is 22.2. The molecule has 1 aliphatic carbocycles. The molecule has 27 heavy (non-hydrogen) atoms. The molecule has 1 amide bonds. The minimum absolute atomic E-state index is 0.0311. The van der Waals surface area contributed by atoms with Gasteiger partial charge in [-0.15, -0.1) is 0 Å². The van der Waals surface area contributed by atoms with Crippen LogP contribution in [0.4, 0.5) is 0 Å². The molecular weight excluding hydrogens is 360 g/mol. The summed E-state index contributed by atoms with van der Waals surface area (Å²) in [6.45, 7) is 0.707. The molecule has 1 aliphatic heterocycles. The Kier molecular flexibility index (Phi) is 4.92. The molecule has 140 valence electrons. The topological polar surface area (TPSA) is 70.7 Å². The number of benzene rings is 1. The van der Waals surface area contributed by atoms with Gasteiger partial charge in [0.05, 0.1) is 18.0 Å². The maximum Gasteiger partial charge on any atom is 0.251 e. The van der Waals surface area contributed by atoms with Crippen molar-refractivity contribution in [1.29, 1.82) is 5.26 Å². The number of halogens is 1. The van der Waals surface area contributed by atoms with Gasteiger partial charge in [0.15, 0.2) is 5.54 Å². The van der Waals surface area contributed by atoms with E-state index in [1.54, 1.807) is 18.5 Å². The van der Waals surface area contributed by atoms with Crippen molar-refractivity contribution in [3.63, 3.8) is 0 Å². The Morgan fingerprint density at radius 3 is 2.93 bits per heavy atom. The van der Waals surface area contributed by atoms with Gasteiger partial charge in [-0.2, -0.15) is 5.26 Å². The van der Waals surface area contributed by atoms with Gasteiger partial charge in [-0.3, -0.25) is 4.79 Å². The third-order valence-electron chi connectivity index (χ3n) is 6.06. The number of fused-ring (bicyclic) bond motifs is 1. The summed E-state index contributed by atoms with van der Waals surface area (Å²) in [5.74, 6) is 0.524. The lowest BCUT2D eigenvalue weighted by molar-refractivity contribution is -0.128. The average molecular weight is 383 g/mol. The zero-order valence-corrected chi connectivity index (χ0v) is 16.0. The maximum atomic E-state index is 13.5. The van der Waals surface area contributed by atoms with Gasteiger partial charge in [-0.25, -0.2) is 4.98 Å². The number of nitriles is 1. The molecule has 1 unspecified atom stereocenters. The third-order valence-corrected chi connectivity index (χ3v) is 6.38. The number of imidazole rings is 1. The van der Waals surface area contributed by atoms with E-state index in [0.29, 0.717) is 29.5 Å². The summed E-state index contributed by atoms with van der Waals surface area (Å²) < 4.78 is 1.95. The molecule has 2 aromatic rings. The Morgan fingerprint density at radius 1 is 1.37 bits per heavy atom. The minimum atomic E-state index is -0.897. The number of nitrogens with zero attached hydrogens (tertiary/aromatic N) is 3. The van der Waals surface area contributed by atoms with E-state index in [2.05, 4.69) is 16.4 Å². The van der Waals surface area contributed by atoms with E-state index in [1.165, 1.54) is 32.1 Å². The monoisotopic (exact) mass is 382 g/mol. The molecule has 0 radical (unpaired) electrons. The molecule has 1 N–H and O–H groups in total. The fourth-order valence-corrected chi connectivity index (χ4v) is 4.92. The lowest BCUT2D eigenvalue weighted by atomic mass is 9.85. The summed E-state index contributed by atoms with van der Waals surface area (Å²) >= 11 is 6.54. The smallest absolute Gasteiger partial charge is 0.251 e. The van der Waals surface area contributed by atoms with Gasteiger partial charge < -0.3 is 9.88 Å². The number of nitrogens with one attached hydrogen (secondary N) is 1. The van der Waals surface area contributed by atoms with E-state index < -0.39 is 5.54 Å². The minimum Gasteiger partial charge on any atom is -0.353 e. The second-order valence-electron chi connectivity index (χ2n) is 7.64. The quantitative estimate of drug-likeness (QED) is 0.874. The highest BCUT2D eigenvalue weighted by atomic mass is 35.5. The fourth-order valence-electron chi connectivity index (χ4n) is 4.58. The molecule has 5 nitrogen and oxygen atoms in total. The van der Waals surface area contributed by atoms with Gasteiger partial charge in [-0.05, 0) is 43.7 Å². The van der Waals surface area contributed by atoms with E-state index in [0.717, 1.165) is 17.7 Å². The van der Waals surface area contributed by atoms with E-state index in [-0.39, 0.29) is 5.91 Å². The van der Waals surface area contributed by atoms with Gasteiger partial charge in [-0.1, -0.05) is 36.9 Å². The first-order chi connectivity index (χ1) is 13.1. The number of rotatable bonds is 4. The number of carbonyl (C=O) groups is 1. The van der Waals surface area contributed by atoms with Crippen LogP contribution in [0.5, 0.6) is 0 Å². The molecule has 0 bridgehead atoms. The van der Waals surface area contributed by atoms with Crippen molar-refractivity contribution in [2.45, 2.75) is 50.5 Å². The van der Waals surface area contributed by atoms with Gasteiger partial charge in [0.1, 0.15) is 0 Å². The fraction of sp³-hybridized carbons (Fsp3) is 0.476. The van der Waals surface area contributed by atoms with Crippen LogP contribution in [-0.2, 0) is 16.8 Å². The van der Waals surface area contributed by atoms with Crippen molar-refractivity contribution in [3.8, 4) is 6.07 Å². The van der Waals surface area contributed by atoms with Gasteiger partial charge in [0, 0.05) is 29.0 Å². The molecule has 1 aromatic heterocycles. The number of hydrogen-bond donors (Lipinski definition) is 1. The van der Waals surface area contributed by atoms with Crippen LogP contribution >= 0.6 is 11.6 Å².